The van der Waals surface area contributed by atoms with Gasteiger partial charge >= 0.3 is 0 Å². The molecule has 2 aromatic heterocycles. The minimum Gasteiger partial charge on any atom is -0.486 e. The van der Waals surface area contributed by atoms with Gasteiger partial charge in [-0.3, -0.25) is 9.36 Å². The molecule has 9 heteroatoms. The first kappa shape index (κ1) is 22.0. The van der Waals surface area contributed by atoms with Gasteiger partial charge in [-0.2, -0.15) is 0 Å². The van der Waals surface area contributed by atoms with E-state index in [1.54, 1.807) is 0 Å². The fourth-order valence-corrected chi connectivity index (χ4v) is 5.41. The molecule has 1 atom stereocenters. The summed E-state index contributed by atoms with van der Waals surface area (Å²) in [4.78, 5) is 18.3. The monoisotopic (exact) mass is 489 g/mol. The number of hydrogen-bond acceptors (Lipinski definition) is 6. The Morgan fingerprint density at radius 2 is 1.94 bits per heavy atom. The van der Waals surface area contributed by atoms with Crippen LogP contribution < -0.4 is 9.47 Å². The molecule has 35 heavy (non-hydrogen) atoms. The van der Waals surface area contributed by atoms with E-state index in [0.29, 0.717) is 31.5 Å². The van der Waals surface area contributed by atoms with Gasteiger partial charge in [-0.25, -0.2) is 0 Å². The van der Waals surface area contributed by atoms with Crippen LogP contribution in [0.3, 0.4) is 0 Å². The molecule has 4 aromatic rings. The molecule has 0 bridgehead atoms. The summed E-state index contributed by atoms with van der Waals surface area (Å²) in [6, 6.07) is 16.2. The summed E-state index contributed by atoms with van der Waals surface area (Å²) in [5.41, 5.74) is 2.12. The Labute approximate surface area is 207 Å². The SMILES string of the molecule is CCN(C[C@@H]1COc2ccccc2O1)C(=O)CSc1nnc(-c2c[nH]c3ccccc23)n1C1CC1. The Bertz CT molecular complexity index is 1360. The predicted octanol–water partition coefficient (Wildman–Crippen LogP) is 4.54. The van der Waals surface area contributed by atoms with Crippen molar-refractivity contribution in [2.24, 2.45) is 0 Å². The maximum Gasteiger partial charge on any atom is 0.233 e. The van der Waals surface area contributed by atoms with Crippen molar-refractivity contribution in [2.45, 2.75) is 37.1 Å². The number of aromatic nitrogens is 4. The zero-order valence-corrected chi connectivity index (χ0v) is 20.3. The van der Waals surface area contributed by atoms with E-state index >= 15 is 0 Å². The van der Waals surface area contributed by atoms with Crippen molar-refractivity contribution in [2.75, 3.05) is 25.4 Å². The van der Waals surface area contributed by atoms with Gasteiger partial charge < -0.3 is 19.4 Å². The number of likely N-dealkylation sites (N-methyl/N-ethyl adjacent to an activating group) is 1. The number of fused-ring (bicyclic) bond motifs is 2. The number of nitrogens with zero attached hydrogens (tertiary/aromatic N) is 4. The third-order valence-electron chi connectivity index (χ3n) is 6.46. The number of nitrogens with one attached hydrogen (secondary N) is 1. The number of rotatable bonds is 8. The number of amides is 1. The molecule has 2 aromatic carbocycles. The third-order valence-corrected chi connectivity index (χ3v) is 7.39. The first-order chi connectivity index (χ1) is 17.2. The van der Waals surface area contributed by atoms with Crippen molar-refractivity contribution in [3.63, 3.8) is 0 Å². The van der Waals surface area contributed by atoms with E-state index in [0.717, 1.165) is 51.8 Å². The molecule has 2 aliphatic rings. The van der Waals surface area contributed by atoms with E-state index in [1.807, 2.05) is 54.4 Å². The highest BCUT2D eigenvalue weighted by Crippen LogP contribution is 2.42. The molecule has 8 nitrogen and oxygen atoms in total. The molecular formula is C26H27N5O3S. The molecule has 0 saturated heterocycles. The van der Waals surface area contributed by atoms with Crippen molar-refractivity contribution in [1.29, 1.82) is 0 Å². The molecule has 0 radical (unpaired) electrons. The number of para-hydroxylation sites is 3. The number of carbonyl (C=O) groups is 1. The summed E-state index contributed by atoms with van der Waals surface area (Å²) in [7, 11) is 0. The second-order valence-electron chi connectivity index (χ2n) is 8.87. The minimum atomic E-state index is -0.192. The van der Waals surface area contributed by atoms with E-state index in [4.69, 9.17) is 9.47 Å². The van der Waals surface area contributed by atoms with Crippen LogP contribution in [-0.2, 0) is 4.79 Å². The minimum absolute atomic E-state index is 0.0546. The Balaban J connectivity index is 1.15. The molecule has 0 spiro atoms. The number of thioether (sulfide) groups is 1. The molecule has 1 fully saturated rings. The van der Waals surface area contributed by atoms with Crippen LogP contribution in [0.25, 0.3) is 22.3 Å². The highest BCUT2D eigenvalue weighted by molar-refractivity contribution is 7.99. The summed E-state index contributed by atoms with van der Waals surface area (Å²) in [5.74, 6) is 2.69. The van der Waals surface area contributed by atoms with Gasteiger partial charge in [-0.05, 0) is 38.0 Å². The molecule has 1 aliphatic carbocycles. The molecule has 3 heterocycles. The average Bonchev–Trinajstić information content (AvgIpc) is 3.51. The summed E-state index contributed by atoms with van der Waals surface area (Å²) in [6.07, 6.45) is 4.02. The number of ether oxygens (including phenoxy) is 2. The first-order valence-corrected chi connectivity index (χ1v) is 13.0. The van der Waals surface area contributed by atoms with Crippen LogP contribution in [0, 0.1) is 0 Å². The van der Waals surface area contributed by atoms with Gasteiger partial charge in [0.05, 0.1) is 12.3 Å². The molecule has 1 saturated carbocycles. The van der Waals surface area contributed by atoms with E-state index < -0.39 is 0 Å². The van der Waals surface area contributed by atoms with Gasteiger partial charge in [0.1, 0.15) is 6.61 Å². The average molecular weight is 490 g/mol. The Morgan fingerprint density at radius 1 is 1.14 bits per heavy atom. The molecule has 1 N–H and O–H groups in total. The Kier molecular flexibility index (Phi) is 5.85. The summed E-state index contributed by atoms with van der Waals surface area (Å²) in [6.45, 7) is 3.51. The highest BCUT2D eigenvalue weighted by Gasteiger charge is 2.31. The lowest BCUT2D eigenvalue weighted by Gasteiger charge is -2.30. The number of H-pyrrole nitrogens is 1. The normalized spacial score (nSPS) is 17.0. The van der Waals surface area contributed by atoms with Gasteiger partial charge in [-0.15, -0.1) is 10.2 Å². The molecule has 0 unspecified atom stereocenters. The lowest BCUT2D eigenvalue weighted by Crippen LogP contribution is -2.44. The molecule has 1 amide bonds. The maximum absolute atomic E-state index is 13.1. The summed E-state index contributed by atoms with van der Waals surface area (Å²) >= 11 is 1.46. The standard InChI is InChI=1S/C26H27N5O3S/c1-2-30(14-18-15-33-22-9-5-6-10-23(22)34-18)24(32)16-35-26-29-28-25(31(26)17-11-12-17)20-13-27-21-8-4-3-7-19(20)21/h3-10,13,17-18,27H,2,11-12,14-16H2,1H3/t18-/m1/s1. The first-order valence-electron chi connectivity index (χ1n) is 12.0. The number of aromatic amines is 1. The Morgan fingerprint density at radius 3 is 2.77 bits per heavy atom. The van der Waals surface area contributed by atoms with Gasteiger partial charge in [0.2, 0.25) is 5.91 Å². The summed E-state index contributed by atoms with van der Waals surface area (Å²) in [5, 5.41) is 10.9. The lowest BCUT2D eigenvalue weighted by molar-refractivity contribution is -0.129. The predicted molar refractivity (Wildman–Crippen MR) is 135 cm³/mol. The number of hydrogen-bond donors (Lipinski definition) is 1. The maximum atomic E-state index is 13.1. The smallest absolute Gasteiger partial charge is 0.233 e. The topological polar surface area (TPSA) is 85.3 Å². The van der Waals surface area contributed by atoms with Crippen LogP contribution >= 0.6 is 11.8 Å². The lowest BCUT2D eigenvalue weighted by atomic mass is 10.1. The van der Waals surface area contributed by atoms with Crippen molar-refractivity contribution >= 4 is 28.6 Å². The zero-order valence-electron chi connectivity index (χ0n) is 19.5. The van der Waals surface area contributed by atoms with Gasteiger partial charge in [0.25, 0.3) is 0 Å². The largest absolute Gasteiger partial charge is 0.486 e. The molecule has 180 valence electrons. The number of benzene rings is 2. The van der Waals surface area contributed by atoms with Crippen LogP contribution in [0.2, 0.25) is 0 Å². The van der Waals surface area contributed by atoms with E-state index in [2.05, 4.69) is 31.9 Å². The van der Waals surface area contributed by atoms with Crippen LogP contribution in [-0.4, -0.2) is 62.1 Å². The van der Waals surface area contributed by atoms with E-state index in [1.165, 1.54) is 11.8 Å². The van der Waals surface area contributed by atoms with Crippen molar-refractivity contribution in [3.05, 3.63) is 54.7 Å². The van der Waals surface area contributed by atoms with Crippen LogP contribution in [0.4, 0.5) is 0 Å². The molecule has 1 aliphatic heterocycles. The van der Waals surface area contributed by atoms with Crippen LogP contribution in [0.5, 0.6) is 11.5 Å². The van der Waals surface area contributed by atoms with Crippen molar-refractivity contribution in [1.82, 2.24) is 24.6 Å². The molecule has 6 rings (SSSR count). The van der Waals surface area contributed by atoms with Gasteiger partial charge in [-0.1, -0.05) is 42.1 Å². The van der Waals surface area contributed by atoms with E-state index in [-0.39, 0.29) is 12.0 Å². The van der Waals surface area contributed by atoms with Crippen molar-refractivity contribution < 1.29 is 14.3 Å². The van der Waals surface area contributed by atoms with Gasteiger partial charge in [0.15, 0.2) is 28.6 Å². The second kappa shape index (κ2) is 9.30. The number of carbonyl (C=O) groups excluding carboxylic acids is 1. The van der Waals surface area contributed by atoms with Gasteiger partial charge in [0, 0.05) is 35.2 Å². The summed E-state index contributed by atoms with van der Waals surface area (Å²) < 4.78 is 14.1. The third kappa shape index (κ3) is 4.36. The van der Waals surface area contributed by atoms with Crippen LogP contribution in [0.15, 0.2) is 59.9 Å². The quantitative estimate of drug-likeness (QED) is 0.366. The Hall–Kier alpha value is -3.46. The zero-order chi connectivity index (χ0) is 23.8. The van der Waals surface area contributed by atoms with Crippen LogP contribution in [0.1, 0.15) is 25.8 Å². The van der Waals surface area contributed by atoms with E-state index in [9.17, 15) is 4.79 Å². The fraction of sp³-hybridized carbons (Fsp3) is 0.346. The fourth-order valence-electron chi connectivity index (χ4n) is 4.50. The second-order valence-corrected chi connectivity index (χ2v) is 9.82. The highest BCUT2D eigenvalue weighted by atomic mass is 32.2. The van der Waals surface area contributed by atoms with Crippen molar-refractivity contribution in [3.8, 4) is 22.9 Å². The molecular weight excluding hydrogens is 462 g/mol.